The second kappa shape index (κ2) is 5.51. The van der Waals surface area contributed by atoms with Crippen LogP contribution in [0.1, 0.15) is 0 Å². The molecule has 1 aromatic heterocycles. The van der Waals surface area contributed by atoms with Gasteiger partial charge in [0.05, 0.1) is 0 Å². The Kier molecular flexibility index (Phi) is 4.45. The zero-order chi connectivity index (χ0) is 11.1. The van der Waals surface area contributed by atoms with Crippen molar-refractivity contribution in [1.29, 1.82) is 0 Å². The Morgan fingerprint density at radius 3 is 2.12 bits per heavy atom. The molecule has 0 bridgehead atoms. The molecule has 3 heterocycles. The molecule has 0 saturated carbocycles. The van der Waals surface area contributed by atoms with E-state index < -0.39 is 0 Å². The van der Waals surface area contributed by atoms with Crippen molar-refractivity contribution in [3.63, 3.8) is 0 Å². The molecule has 2 nitrogen and oxygen atoms in total. The van der Waals surface area contributed by atoms with Gasteiger partial charge in [-0.05, 0) is 0 Å². The number of nitrogens with zero attached hydrogens (tertiary/aromatic N) is 2. The summed E-state index contributed by atoms with van der Waals surface area (Å²) in [5, 5.41) is 0. The van der Waals surface area contributed by atoms with Crippen LogP contribution in [0.25, 0.3) is 0 Å². The summed E-state index contributed by atoms with van der Waals surface area (Å²) < 4.78 is 8.88. The SMILES string of the molecule is IC1=C(I)[Se]C(=C2[Se]c3nccnc3[Se]2)S1. The molecule has 82 valence electrons. The summed E-state index contributed by atoms with van der Waals surface area (Å²) in [7, 11) is 0. The topological polar surface area (TPSA) is 25.8 Å². The van der Waals surface area contributed by atoms with E-state index in [2.05, 4.69) is 55.1 Å². The summed E-state index contributed by atoms with van der Waals surface area (Å²) in [5.41, 5.74) is 0. The third-order valence-electron chi connectivity index (χ3n) is 1.70. The van der Waals surface area contributed by atoms with E-state index in [4.69, 9.17) is 0 Å². The van der Waals surface area contributed by atoms with Crippen molar-refractivity contribution in [2.24, 2.45) is 0 Å². The fourth-order valence-electron chi connectivity index (χ4n) is 1.08. The summed E-state index contributed by atoms with van der Waals surface area (Å²) in [6.07, 6.45) is 3.64. The van der Waals surface area contributed by atoms with Gasteiger partial charge in [0.25, 0.3) is 0 Å². The van der Waals surface area contributed by atoms with Crippen molar-refractivity contribution in [2.45, 2.75) is 0 Å². The molecular weight excluding hydrogens is 647 g/mol. The van der Waals surface area contributed by atoms with Crippen molar-refractivity contribution < 1.29 is 0 Å². The molecule has 0 spiro atoms. The van der Waals surface area contributed by atoms with Crippen molar-refractivity contribution in [2.75, 3.05) is 0 Å². The van der Waals surface area contributed by atoms with Gasteiger partial charge >= 0.3 is 146 Å². The molecule has 8 heteroatoms. The molecule has 0 saturated heterocycles. The van der Waals surface area contributed by atoms with Gasteiger partial charge in [-0.1, -0.05) is 0 Å². The molecule has 3 rings (SSSR count). The number of hydrogen-bond donors (Lipinski definition) is 0. The molecular formula is C8H2I2N2SSe3. The van der Waals surface area contributed by atoms with Gasteiger partial charge in [-0.25, -0.2) is 0 Å². The van der Waals surface area contributed by atoms with Crippen LogP contribution in [0.2, 0.25) is 0 Å². The molecule has 16 heavy (non-hydrogen) atoms. The van der Waals surface area contributed by atoms with Crippen LogP contribution in [0.5, 0.6) is 0 Å². The average molecular weight is 649 g/mol. The minimum absolute atomic E-state index is 0.450. The Labute approximate surface area is 143 Å². The first kappa shape index (κ1) is 12.9. The predicted octanol–water partition coefficient (Wildman–Crippen LogP) is 0.723. The molecule has 2 aliphatic rings. The van der Waals surface area contributed by atoms with E-state index in [9.17, 15) is 0 Å². The molecule has 2 aliphatic heterocycles. The molecule has 0 unspecified atom stereocenters. The standard InChI is InChI=1S/C8H2I2N2SSe3/c9-3-4(10)14-7(13-3)8-15-5-6(16-8)12-2-1-11-5/h1-2H. The second-order valence-electron chi connectivity index (χ2n) is 2.70. The number of hydrogen-bond acceptors (Lipinski definition) is 3. The number of fused-ring (bicyclic) bond motifs is 1. The van der Waals surface area contributed by atoms with Gasteiger partial charge in [-0.15, -0.1) is 0 Å². The Hall–Kier alpha value is 1.93. The number of rotatable bonds is 0. The van der Waals surface area contributed by atoms with Crippen LogP contribution in [-0.4, -0.2) is 54.8 Å². The van der Waals surface area contributed by atoms with Crippen molar-refractivity contribution in [1.82, 2.24) is 9.97 Å². The summed E-state index contributed by atoms with van der Waals surface area (Å²) in [6, 6.07) is 0. The van der Waals surface area contributed by atoms with Crippen LogP contribution < -0.4 is 9.18 Å². The predicted molar refractivity (Wildman–Crippen MR) is 88.2 cm³/mol. The van der Waals surface area contributed by atoms with Crippen LogP contribution in [0.3, 0.4) is 0 Å². The molecule has 0 atom stereocenters. The maximum atomic E-state index is 4.45. The molecule has 1 aromatic rings. The monoisotopic (exact) mass is 652 g/mol. The molecule has 0 fully saturated rings. The molecule has 0 N–H and O–H groups in total. The summed E-state index contributed by atoms with van der Waals surface area (Å²) in [4.78, 5) is 8.89. The Balaban J connectivity index is 1.90. The summed E-state index contributed by atoms with van der Waals surface area (Å²) >= 11 is 8.40. The van der Waals surface area contributed by atoms with Crippen molar-refractivity contribution >= 4 is 111 Å². The fraction of sp³-hybridized carbons (Fsp3) is 0. The van der Waals surface area contributed by atoms with E-state index in [1.54, 1.807) is 9.65 Å². The van der Waals surface area contributed by atoms with Crippen LogP contribution >= 0.6 is 56.9 Å². The van der Waals surface area contributed by atoms with Gasteiger partial charge in [-0.2, -0.15) is 0 Å². The fourth-order valence-corrected chi connectivity index (χ4v) is 16.4. The zero-order valence-corrected chi connectivity index (χ0v) is 17.7. The van der Waals surface area contributed by atoms with E-state index >= 15 is 0 Å². The molecule has 0 radical (unpaired) electrons. The number of thioether (sulfide) groups is 1. The van der Waals surface area contributed by atoms with E-state index in [-0.39, 0.29) is 0 Å². The molecule has 0 aliphatic carbocycles. The normalized spacial score (nSPS) is 19.6. The van der Waals surface area contributed by atoms with Gasteiger partial charge in [0, 0.05) is 0 Å². The van der Waals surface area contributed by atoms with E-state index in [0.29, 0.717) is 44.9 Å². The van der Waals surface area contributed by atoms with E-state index in [1.165, 1.54) is 12.1 Å². The van der Waals surface area contributed by atoms with Crippen LogP contribution in [-0.2, 0) is 0 Å². The first-order chi connectivity index (χ1) is 7.74. The second-order valence-corrected chi connectivity index (χ2v) is 16.5. The summed E-state index contributed by atoms with van der Waals surface area (Å²) in [5.74, 6) is 0. The number of aromatic nitrogens is 2. The summed E-state index contributed by atoms with van der Waals surface area (Å²) in [6.45, 7) is 0. The Morgan fingerprint density at radius 2 is 1.62 bits per heavy atom. The Bertz CT molecular complexity index is 489. The van der Waals surface area contributed by atoms with Gasteiger partial charge in [0.2, 0.25) is 0 Å². The minimum atomic E-state index is 0.450. The van der Waals surface area contributed by atoms with Crippen LogP contribution in [0.15, 0.2) is 25.0 Å². The van der Waals surface area contributed by atoms with E-state index in [0.717, 1.165) is 0 Å². The van der Waals surface area contributed by atoms with Crippen LogP contribution in [0.4, 0.5) is 0 Å². The number of halogens is 2. The van der Waals surface area contributed by atoms with Gasteiger partial charge in [0.15, 0.2) is 0 Å². The quantitative estimate of drug-likeness (QED) is 0.307. The van der Waals surface area contributed by atoms with E-state index in [1.807, 2.05) is 24.2 Å². The van der Waals surface area contributed by atoms with Gasteiger partial charge in [-0.3, -0.25) is 0 Å². The molecule has 0 amide bonds. The molecule has 0 aromatic carbocycles. The third kappa shape index (κ3) is 2.60. The first-order valence-electron chi connectivity index (χ1n) is 4.06. The first-order valence-corrected chi connectivity index (χ1v) is 12.2. The maximum absolute atomic E-state index is 4.45. The zero-order valence-electron chi connectivity index (χ0n) is 7.44. The van der Waals surface area contributed by atoms with Crippen molar-refractivity contribution in [3.05, 3.63) is 25.0 Å². The Morgan fingerprint density at radius 1 is 1.00 bits per heavy atom. The average Bonchev–Trinajstić information content (AvgIpc) is 2.83. The van der Waals surface area contributed by atoms with Crippen molar-refractivity contribution in [3.8, 4) is 0 Å². The van der Waals surface area contributed by atoms with Gasteiger partial charge in [0.1, 0.15) is 0 Å². The van der Waals surface area contributed by atoms with Crippen LogP contribution in [0, 0.1) is 0 Å². The van der Waals surface area contributed by atoms with Gasteiger partial charge < -0.3 is 0 Å². The third-order valence-corrected chi connectivity index (χ3v) is 18.5.